The van der Waals surface area contributed by atoms with E-state index in [4.69, 9.17) is 4.42 Å². The molecule has 23 heavy (non-hydrogen) atoms. The molecule has 7 heteroatoms. The molecule has 0 aliphatic carbocycles. The highest BCUT2D eigenvalue weighted by atomic mass is 16.6. The second kappa shape index (κ2) is 5.93. The second-order valence-corrected chi connectivity index (χ2v) is 5.27. The molecule has 1 saturated heterocycles. The molecule has 1 fully saturated rings. The highest BCUT2D eigenvalue weighted by Crippen LogP contribution is 2.29. The van der Waals surface area contributed by atoms with E-state index in [1.54, 1.807) is 6.07 Å². The molecular weight excluding hydrogens is 298 g/mol. The molecule has 1 aromatic carbocycles. The van der Waals surface area contributed by atoms with E-state index in [1.165, 1.54) is 24.3 Å². The van der Waals surface area contributed by atoms with Crippen LogP contribution in [0, 0.1) is 21.4 Å². The van der Waals surface area contributed by atoms with Crippen molar-refractivity contribution in [1.82, 2.24) is 0 Å². The van der Waals surface area contributed by atoms with Crippen molar-refractivity contribution in [1.29, 1.82) is 5.26 Å². The minimum absolute atomic E-state index is 0.00226. The standard InChI is InChI=1S/C16H13N3O4/c17-10-13-14(18-7-1-2-8-18)9-15(23-16(13)20)11-3-5-12(6-4-11)19(21)22/h3-6,9H,1-2,7-8H2. The second-order valence-electron chi connectivity index (χ2n) is 5.27. The summed E-state index contributed by atoms with van der Waals surface area (Å²) >= 11 is 0. The van der Waals surface area contributed by atoms with E-state index in [0.717, 1.165) is 25.9 Å². The van der Waals surface area contributed by atoms with Crippen LogP contribution in [0.2, 0.25) is 0 Å². The van der Waals surface area contributed by atoms with Crippen molar-refractivity contribution in [2.75, 3.05) is 18.0 Å². The Bertz CT molecular complexity index is 843. The maximum absolute atomic E-state index is 12.1. The number of rotatable bonds is 3. The predicted molar refractivity (Wildman–Crippen MR) is 83.2 cm³/mol. The molecule has 0 spiro atoms. The Morgan fingerprint density at radius 2 is 1.87 bits per heavy atom. The number of hydrogen-bond acceptors (Lipinski definition) is 6. The Labute approximate surface area is 131 Å². The lowest BCUT2D eigenvalue weighted by Gasteiger charge is -2.18. The molecule has 0 bridgehead atoms. The average Bonchev–Trinajstić information content (AvgIpc) is 3.08. The van der Waals surface area contributed by atoms with Crippen LogP contribution in [-0.2, 0) is 0 Å². The van der Waals surface area contributed by atoms with Crippen LogP contribution in [0.4, 0.5) is 11.4 Å². The van der Waals surface area contributed by atoms with E-state index in [0.29, 0.717) is 17.0 Å². The van der Waals surface area contributed by atoms with Gasteiger partial charge in [0.15, 0.2) is 5.56 Å². The highest BCUT2D eigenvalue weighted by Gasteiger charge is 2.21. The van der Waals surface area contributed by atoms with Crippen molar-refractivity contribution >= 4 is 11.4 Å². The molecule has 2 heterocycles. The molecule has 1 aromatic heterocycles. The first-order chi connectivity index (χ1) is 11.1. The molecule has 0 amide bonds. The fourth-order valence-corrected chi connectivity index (χ4v) is 2.68. The molecule has 0 radical (unpaired) electrons. The van der Waals surface area contributed by atoms with Gasteiger partial charge in [-0.25, -0.2) is 4.79 Å². The zero-order valence-electron chi connectivity index (χ0n) is 12.2. The third kappa shape index (κ3) is 2.79. The lowest BCUT2D eigenvalue weighted by molar-refractivity contribution is -0.384. The molecular formula is C16H13N3O4. The van der Waals surface area contributed by atoms with Gasteiger partial charge in [-0.2, -0.15) is 5.26 Å². The Hall–Kier alpha value is -3.14. The van der Waals surface area contributed by atoms with Crippen LogP contribution in [0.15, 0.2) is 39.5 Å². The number of non-ortho nitro benzene ring substituents is 1. The van der Waals surface area contributed by atoms with Crippen molar-refractivity contribution < 1.29 is 9.34 Å². The first kappa shape index (κ1) is 14.8. The summed E-state index contributed by atoms with van der Waals surface area (Å²) in [5.74, 6) is 0.297. The lowest BCUT2D eigenvalue weighted by atomic mass is 10.1. The molecule has 0 N–H and O–H groups in total. The van der Waals surface area contributed by atoms with Crippen molar-refractivity contribution in [3.8, 4) is 17.4 Å². The quantitative estimate of drug-likeness (QED) is 0.638. The Morgan fingerprint density at radius 3 is 2.43 bits per heavy atom. The monoisotopic (exact) mass is 311 g/mol. The van der Waals surface area contributed by atoms with Crippen LogP contribution in [0.25, 0.3) is 11.3 Å². The van der Waals surface area contributed by atoms with Gasteiger partial charge in [-0.15, -0.1) is 0 Å². The van der Waals surface area contributed by atoms with Crippen LogP contribution >= 0.6 is 0 Å². The van der Waals surface area contributed by atoms with E-state index in [1.807, 2.05) is 11.0 Å². The summed E-state index contributed by atoms with van der Waals surface area (Å²) in [7, 11) is 0. The molecule has 1 aliphatic rings. The fourth-order valence-electron chi connectivity index (χ4n) is 2.68. The van der Waals surface area contributed by atoms with E-state index in [-0.39, 0.29) is 11.3 Å². The number of anilines is 1. The smallest absolute Gasteiger partial charge is 0.356 e. The van der Waals surface area contributed by atoms with Crippen molar-refractivity contribution in [2.24, 2.45) is 0 Å². The minimum Gasteiger partial charge on any atom is -0.422 e. The van der Waals surface area contributed by atoms with E-state index < -0.39 is 10.5 Å². The van der Waals surface area contributed by atoms with Crippen LogP contribution in [0.5, 0.6) is 0 Å². The summed E-state index contributed by atoms with van der Waals surface area (Å²) in [6.07, 6.45) is 2.02. The molecule has 2 aromatic rings. The predicted octanol–water partition coefficient (Wildman–Crippen LogP) is 2.69. The molecule has 1 aliphatic heterocycles. The summed E-state index contributed by atoms with van der Waals surface area (Å²) in [5.41, 5.74) is 0.388. The minimum atomic E-state index is -0.690. The Balaban J connectivity index is 2.08. The van der Waals surface area contributed by atoms with Gasteiger partial charge in [0.25, 0.3) is 5.69 Å². The molecule has 0 atom stereocenters. The van der Waals surface area contributed by atoms with E-state index >= 15 is 0 Å². The number of hydrogen-bond donors (Lipinski definition) is 0. The van der Waals surface area contributed by atoms with Gasteiger partial charge in [0.2, 0.25) is 0 Å². The van der Waals surface area contributed by atoms with Gasteiger partial charge in [0, 0.05) is 36.9 Å². The van der Waals surface area contributed by atoms with Gasteiger partial charge in [0.05, 0.1) is 10.6 Å². The number of nitriles is 1. The molecule has 0 saturated carbocycles. The molecule has 7 nitrogen and oxygen atoms in total. The number of nitro benzene ring substituents is 1. The summed E-state index contributed by atoms with van der Waals surface area (Å²) < 4.78 is 5.21. The van der Waals surface area contributed by atoms with Gasteiger partial charge in [0.1, 0.15) is 11.8 Å². The number of benzene rings is 1. The number of nitro groups is 1. The molecule has 116 valence electrons. The molecule has 0 unspecified atom stereocenters. The van der Waals surface area contributed by atoms with Crippen molar-refractivity contribution in [3.63, 3.8) is 0 Å². The maximum atomic E-state index is 12.1. The van der Waals surface area contributed by atoms with Gasteiger partial charge in [-0.3, -0.25) is 10.1 Å². The summed E-state index contributed by atoms with van der Waals surface area (Å²) in [5, 5.41) is 19.9. The summed E-state index contributed by atoms with van der Waals surface area (Å²) in [6.45, 7) is 1.58. The van der Waals surface area contributed by atoms with Gasteiger partial charge in [-0.05, 0) is 25.0 Å². The van der Waals surface area contributed by atoms with Crippen LogP contribution in [-0.4, -0.2) is 18.0 Å². The average molecular weight is 311 g/mol. The SMILES string of the molecule is N#Cc1c(N2CCCC2)cc(-c2ccc([N+](=O)[O-])cc2)oc1=O. The van der Waals surface area contributed by atoms with Crippen LogP contribution in [0.3, 0.4) is 0 Å². The van der Waals surface area contributed by atoms with E-state index in [9.17, 15) is 20.2 Å². The van der Waals surface area contributed by atoms with Crippen LogP contribution < -0.4 is 10.5 Å². The normalized spacial score (nSPS) is 13.8. The van der Waals surface area contributed by atoms with Gasteiger partial charge >= 0.3 is 5.63 Å². The largest absolute Gasteiger partial charge is 0.422 e. The summed E-state index contributed by atoms with van der Waals surface area (Å²) in [6, 6.07) is 9.31. The zero-order chi connectivity index (χ0) is 16.4. The first-order valence-electron chi connectivity index (χ1n) is 7.18. The highest BCUT2D eigenvalue weighted by molar-refractivity contribution is 5.68. The number of nitrogens with zero attached hydrogens (tertiary/aromatic N) is 3. The zero-order valence-corrected chi connectivity index (χ0v) is 12.2. The fraction of sp³-hybridized carbons (Fsp3) is 0.250. The first-order valence-corrected chi connectivity index (χ1v) is 7.18. The van der Waals surface area contributed by atoms with Gasteiger partial charge in [-0.1, -0.05) is 0 Å². The van der Waals surface area contributed by atoms with E-state index in [2.05, 4.69) is 0 Å². The Kier molecular flexibility index (Phi) is 3.81. The third-order valence-electron chi connectivity index (χ3n) is 3.85. The maximum Gasteiger partial charge on any atom is 0.356 e. The topological polar surface area (TPSA) is 100 Å². The van der Waals surface area contributed by atoms with Crippen molar-refractivity contribution in [2.45, 2.75) is 12.8 Å². The third-order valence-corrected chi connectivity index (χ3v) is 3.85. The summed E-state index contributed by atoms with van der Waals surface area (Å²) in [4.78, 5) is 24.3. The van der Waals surface area contributed by atoms with Gasteiger partial charge < -0.3 is 9.32 Å². The van der Waals surface area contributed by atoms with Crippen molar-refractivity contribution in [3.05, 3.63) is 56.4 Å². The lowest BCUT2D eigenvalue weighted by Crippen LogP contribution is -2.22. The molecule has 3 rings (SSSR count). The van der Waals surface area contributed by atoms with Crippen LogP contribution in [0.1, 0.15) is 18.4 Å². The Morgan fingerprint density at radius 1 is 1.22 bits per heavy atom.